The molecule has 76 valence electrons. The van der Waals surface area contributed by atoms with Gasteiger partial charge in [0.2, 0.25) is 0 Å². The van der Waals surface area contributed by atoms with Gasteiger partial charge in [-0.15, -0.1) is 0 Å². The molecule has 2 rings (SSSR count). The molecule has 2 unspecified atom stereocenters. The maximum absolute atomic E-state index is 9.14. The van der Waals surface area contributed by atoms with Gasteiger partial charge < -0.3 is 5.11 Å². The van der Waals surface area contributed by atoms with Crippen molar-refractivity contribution >= 4 is 0 Å². The fourth-order valence-electron chi connectivity index (χ4n) is 2.36. The Labute approximate surface area is 85.8 Å². The summed E-state index contributed by atoms with van der Waals surface area (Å²) in [6, 6.07) is 8.69. The number of aliphatic hydroxyl groups excluding tert-OH is 1. The molecule has 0 aliphatic heterocycles. The van der Waals surface area contributed by atoms with Crippen molar-refractivity contribution in [2.75, 3.05) is 6.61 Å². The largest absolute Gasteiger partial charge is 0.396 e. The molecule has 1 nitrogen and oxygen atoms in total. The Morgan fingerprint density at radius 3 is 2.79 bits per heavy atom. The first-order valence-electron chi connectivity index (χ1n) is 5.49. The van der Waals surface area contributed by atoms with E-state index in [-0.39, 0.29) is 0 Å². The molecule has 0 spiro atoms. The molecule has 0 amide bonds. The summed E-state index contributed by atoms with van der Waals surface area (Å²) in [5, 5.41) is 9.14. The highest BCUT2D eigenvalue weighted by atomic mass is 16.3. The fraction of sp³-hybridized carbons (Fsp3) is 0.538. The minimum Gasteiger partial charge on any atom is -0.396 e. The van der Waals surface area contributed by atoms with Gasteiger partial charge in [-0.1, -0.05) is 31.2 Å². The molecule has 0 fully saturated rings. The Hall–Kier alpha value is -0.820. The van der Waals surface area contributed by atoms with Crippen LogP contribution in [0.2, 0.25) is 0 Å². The molecule has 0 saturated heterocycles. The molecule has 1 aliphatic carbocycles. The predicted molar refractivity (Wildman–Crippen MR) is 58.2 cm³/mol. The first-order valence-corrected chi connectivity index (χ1v) is 5.49. The van der Waals surface area contributed by atoms with Gasteiger partial charge in [-0.2, -0.15) is 0 Å². The highest BCUT2D eigenvalue weighted by Crippen LogP contribution is 2.29. The second-order valence-corrected chi connectivity index (χ2v) is 4.43. The van der Waals surface area contributed by atoms with Crippen LogP contribution in [0.25, 0.3) is 0 Å². The Morgan fingerprint density at radius 2 is 2.07 bits per heavy atom. The molecule has 0 bridgehead atoms. The Balaban J connectivity index is 2.13. The lowest BCUT2D eigenvalue weighted by Gasteiger charge is -2.28. The molecule has 0 radical (unpaired) electrons. The van der Waals surface area contributed by atoms with E-state index in [1.165, 1.54) is 24.0 Å². The highest BCUT2D eigenvalue weighted by Gasteiger charge is 2.22. The van der Waals surface area contributed by atoms with Crippen LogP contribution < -0.4 is 0 Å². The molecule has 2 atom stereocenters. The van der Waals surface area contributed by atoms with Gasteiger partial charge in [0, 0.05) is 6.61 Å². The third-order valence-electron chi connectivity index (χ3n) is 3.48. The molecular weight excluding hydrogens is 172 g/mol. The van der Waals surface area contributed by atoms with Crippen LogP contribution in [-0.4, -0.2) is 11.7 Å². The van der Waals surface area contributed by atoms with Crippen LogP contribution in [0.3, 0.4) is 0 Å². The van der Waals surface area contributed by atoms with E-state index in [4.69, 9.17) is 5.11 Å². The first-order chi connectivity index (χ1) is 6.81. The van der Waals surface area contributed by atoms with E-state index in [2.05, 4.69) is 31.2 Å². The molecule has 1 aliphatic rings. The van der Waals surface area contributed by atoms with E-state index in [9.17, 15) is 0 Å². The number of rotatable bonds is 2. The van der Waals surface area contributed by atoms with Gasteiger partial charge in [-0.05, 0) is 42.2 Å². The van der Waals surface area contributed by atoms with Crippen LogP contribution in [0.5, 0.6) is 0 Å². The topological polar surface area (TPSA) is 20.2 Å². The summed E-state index contributed by atoms with van der Waals surface area (Å²) < 4.78 is 0. The van der Waals surface area contributed by atoms with Crippen LogP contribution in [0.4, 0.5) is 0 Å². The van der Waals surface area contributed by atoms with Crippen molar-refractivity contribution in [1.82, 2.24) is 0 Å². The van der Waals surface area contributed by atoms with Crippen LogP contribution in [0, 0.1) is 11.8 Å². The quantitative estimate of drug-likeness (QED) is 0.759. The summed E-state index contributed by atoms with van der Waals surface area (Å²) in [6.45, 7) is 2.48. The molecule has 14 heavy (non-hydrogen) atoms. The predicted octanol–water partition coefficient (Wildman–Crippen LogP) is 2.42. The van der Waals surface area contributed by atoms with Gasteiger partial charge in [0.25, 0.3) is 0 Å². The van der Waals surface area contributed by atoms with Gasteiger partial charge in [-0.3, -0.25) is 0 Å². The zero-order valence-electron chi connectivity index (χ0n) is 8.74. The number of hydrogen-bond donors (Lipinski definition) is 1. The van der Waals surface area contributed by atoms with Crippen molar-refractivity contribution < 1.29 is 5.11 Å². The van der Waals surface area contributed by atoms with Gasteiger partial charge in [0.15, 0.2) is 0 Å². The standard InChI is InChI=1S/C13H18O/c1-10(9-14)12-7-6-11-4-2-3-5-13(11)8-12/h2-5,10,12,14H,6-9H2,1H3. The van der Waals surface area contributed by atoms with Gasteiger partial charge in [0.1, 0.15) is 0 Å². The molecule has 0 saturated carbocycles. The van der Waals surface area contributed by atoms with E-state index < -0.39 is 0 Å². The first kappa shape index (κ1) is 9.72. The highest BCUT2D eigenvalue weighted by molar-refractivity contribution is 5.29. The molecule has 1 aromatic carbocycles. The van der Waals surface area contributed by atoms with Crippen molar-refractivity contribution in [2.24, 2.45) is 11.8 Å². The van der Waals surface area contributed by atoms with E-state index in [1.807, 2.05) is 0 Å². The average molecular weight is 190 g/mol. The molecule has 0 heterocycles. The van der Waals surface area contributed by atoms with Crippen LogP contribution in [0.15, 0.2) is 24.3 Å². The van der Waals surface area contributed by atoms with Crippen LogP contribution in [0.1, 0.15) is 24.5 Å². The lowest BCUT2D eigenvalue weighted by atomic mass is 9.78. The van der Waals surface area contributed by atoms with Crippen LogP contribution in [-0.2, 0) is 12.8 Å². The molecule has 1 aromatic rings. The van der Waals surface area contributed by atoms with E-state index in [0.717, 1.165) is 6.42 Å². The summed E-state index contributed by atoms with van der Waals surface area (Å²) in [5.41, 5.74) is 3.00. The summed E-state index contributed by atoms with van der Waals surface area (Å²) in [6.07, 6.45) is 3.57. The average Bonchev–Trinajstić information content (AvgIpc) is 2.27. The second kappa shape index (κ2) is 4.14. The fourth-order valence-corrected chi connectivity index (χ4v) is 2.36. The van der Waals surface area contributed by atoms with Crippen molar-refractivity contribution in [3.05, 3.63) is 35.4 Å². The molecular formula is C13H18O. The van der Waals surface area contributed by atoms with Gasteiger partial charge >= 0.3 is 0 Å². The van der Waals surface area contributed by atoms with E-state index >= 15 is 0 Å². The van der Waals surface area contributed by atoms with Crippen molar-refractivity contribution in [1.29, 1.82) is 0 Å². The Morgan fingerprint density at radius 1 is 1.36 bits per heavy atom. The van der Waals surface area contributed by atoms with E-state index in [1.54, 1.807) is 0 Å². The monoisotopic (exact) mass is 190 g/mol. The van der Waals surface area contributed by atoms with Gasteiger partial charge in [-0.25, -0.2) is 0 Å². The SMILES string of the molecule is CC(CO)C1CCc2ccccc2C1. The normalized spacial score (nSPS) is 22.9. The summed E-state index contributed by atoms with van der Waals surface area (Å²) in [5.74, 6) is 1.12. The number of fused-ring (bicyclic) bond motifs is 1. The number of aliphatic hydroxyl groups is 1. The lowest BCUT2D eigenvalue weighted by Crippen LogP contribution is -2.22. The molecule has 1 N–H and O–H groups in total. The summed E-state index contributed by atoms with van der Waals surface area (Å²) >= 11 is 0. The number of hydrogen-bond acceptors (Lipinski definition) is 1. The smallest absolute Gasteiger partial charge is 0.0459 e. The second-order valence-electron chi connectivity index (χ2n) is 4.43. The number of benzene rings is 1. The molecule has 0 aromatic heterocycles. The Kier molecular flexibility index (Phi) is 2.87. The minimum absolute atomic E-state index is 0.326. The number of aryl methyl sites for hydroxylation is 1. The maximum Gasteiger partial charge on any atom is 0.0459 e. The maximum atomic E-state index is 9.14. The van der Waals surface area contributed by atoms with Crippen molar-refractivity contribution in [3.63, 3.8) is 0 Å². The Bertz CT molecular complexity index is 306. The minimum atomic E-state index is 0.326. The third-order valence-corrected chi connectivity index (χ3v) is 3.48. The van der Waals surface area contributed by atoms with Crippen LogP contribution >= 0.6 is 0 Å². The van der Waals surface area contributed by atoms with Gasteiger partial charge in [0.05, 0.1) is 0 Å². The molecule has 1 heteroatoms. The zero-order chi connectivity index (χ0) is 9.97. The third kappa shape index (κ3) is 1.83. The zero-order valence-corrected chi connectivity index (χ0v) is 8.74. The van der Waals surface area contributed by atoms with Crippen molar-refractivity contribution in [2.45, 2.75) is 26.2 Å². The van der Waals surface area contributed by atoms with E-state index in [0.29, 0.717) is 18.4 Å². The summed E-state index contributed by atoms with van der Waals surface area (Å²) in [4.78, 5) is 0. The van der Waals surface area contributed by atoms with Crippen molar-refractivity contribution in [3.8, 4) is 0 Å². The lowest BCUT2D eigenvalue weighted by molar-refractivity contribution is 0.178. The summed E-state index contributed by atoms with van der Waals surface area (Å²) in [7, 11) is 0.